The molecule has 1 aromatic carbocycles. The number of pyridine rings is 1. The Morgan fingerprint density at radius 2 is 2.09 bits per heavy atom. The number of benzene rings is 1. The minimum absolute atomic E-state index is 0.00807. The first-order chi connectivity index (χ1) is 15.7. The third kappa shape index (κ3) is 4.11. The fourth-order valence-electron chi connectivity index (χ4n) is 3.19. The lowest BCUT2D eigenvalue weighted by atomic mass is 10.1. The first kappa shape index (κ1) is 21.9. The zero-order chi connectivity index (χ0) is 23.8. The number of hydrazine groups is 1. The summed E-state index contributed by atoms with van der Waals surface area (Å²) in [5, 5.41) is 20.6. The van der Waals surface area contributed by atoms with Crippen LogP contribution in [0.1, 0.15) is 27.2 Å². The van der Waals surface area contributed by atoms with Crippen LogP contribution < -0.4 is 15.9 Å². The monoisotopic (exact) mass is 458 g/mol. The van der Waals surface area contributed by atoms with Crippen LogP contribution in [0.5, 0.6) is 0 Å². The van der Waals surface area contributed by atoms with Crippen LogP contribution in [0.4, 0.5) is 29.1 Å². The number of hydrogen-bond acceptors (Lipinski definition) is 7. The number of rotatable bonds is 4. The highest BCUT2D eigenvalue weighted by Gasteiger charge is 2.41. The smallest absolute Gasteiger partial charge is 0.320 e. The lowest BCUT2D eigenvalue weighted by molar-refractivity contribution is -0.143. The highest BCUT2D eigenvalue weighted by Crippen LogP contribution is 2.35. The van der Waals surface area contributed by atoms with Gasteiger partial charge in [0, 0.05) is 11.8 Å². The van der Waals surface area contributed by atoms with Gasteiger partial charge in [0.15, 0.2) is 11.5 Å². The molecule has 0 fully saturated rings. The highest BCUT2D eigenvalue weighted by molar-refractivity contribution is 6.05. The van der Waals surface area contributed by atoms with E-state index in [2.05, 4.69) is 25.9 Å². The number of amides is 1. The Labute approximate surface area is 183 Å². The number of anilines is 2. The van der Waals surface area contributed by atoms with Crippen molar-refractivity contribution in [2.75, 3.05) is 17.0 Å². The van der Waals surface area contributed by atoms with E-state index >= 15 is 0 Å². The first-order valence-corrected chi connectivity index (χ1v) is 9.39. The van der Waals surface area contributed by atoms with E-state index in [0.29, 0.717) is 11.2 Å². The molecule has 0 bridgehead atoms. The number of carbonyl (C=O) groups excluding carboxylic acids is 1. The van der Waals surface area contributed by atoms with Crippen molar-refractivity contribution in [2.24, 2.45) is 5.10 Å². The molecule has 168 valence electrons. The van der Waals surface area contributed by atoms with E-state index in [4.69, 9.17) is 0 Å². The summed E-state index contributed by atoms with van der Waals surface area (Å²) in [5.41, 5.74) is 0.493. The van der Waals surface area contributed by atoms with Crippen LogP contribution in [0.25, 0.3) is 5.69 Å². The molecule has 0 spiro atoms. The number of carbonyl (C=O) groups is 1. The molecule has 9 nitrogen and oxygen atoms in total. The molecule has 3 heterocycles. The van der Waals surface area contributed by atoms with Crippen LogP contribution in [0, 0.1) is 24.1 Å². The number of halogens is 4. The molecule has 0 unspecified atom stereocenters. The molecule has 33 heavy (non-hydrogen) atoms. The number of hydrazone groups is 1. The predicted octanol–water partition coefficient (Wildman–Crippen LogP) is 3.17. The second-order valence-corrected chi connectivity index (χ2v) is 6.83. The molecule has 13 heteroatoms. The van der Waals surface area contributed by atoms with E-state index in [1.807, 2.05) is 6.07 Å². The minimum Gasteiger partial charge on any atom is -0.320 e. The minimum atomic E-state index is -4.97. The van der Waals surface area contributed by atoms with E-state index < -0.39 is 29.2 Å². The maximum absolute atomic E-state index is 13.9. The number of nitrogens with zero attached hydrogens (tertiary/aromatic N) is 6. The summed E-state index contributed by atoms with van der Waals surface area (Å²) >= 11 is 0. The van der Waals surface area contributed by atoms with E-state index in [9.17, 15) is 27.6 Å². The van der Waals surface area contributed by atoms with Gasteiger partial charge in [-0.25, -0.2) is 19.5 Å². The molecule has 4 rings (SSSR count). The predicted molar refractivity (Wildman–Crippen MR) is 109 cm³/mol. The number of hydrogen-bond donors (Lipinski definition) is 2. The summed E-state index contributed by atoms with van der Waals surface area (Å²) in [6, 6.07) is 6.77. The molecule has 0 saturated heterocycles. The fraction of sp³-hybridized carbons (Fsp3) is 0.150. The van der Waals surface area contributed by atoms with Crippen LogP contribution in [0.3, 0.4) is 0 Å². The van der Waals surface area contributed by atoms with Gasteiger partial charge in [-0.05, 0) is 25.1 Å². The molecular formula is C20H14F4N8O. The second-order valence-electron chi connectivity index (χ2n) is 6.83. The molecule has 0 radical (unpaired) electrons. The molecule has 1 aliphatic heterocycles. The number of nitriles is 1. The normalized spacial score (nSPS) is 13.3. The summed E-state index contributed by atoms with van der Waals surface area (Å²) in [4.78, 5) is 16.8. The van der Waals surface area contributed by atoms with E-state index in [1.54, 1.807) is 6.21 Å². The highest BCUT2D eigenvalue weighted by atomic mass is 19.4. The largest absolute Gasteiger partial charge is 0.434 e. The van der Waals surface area contributed by atoms with Gasteiger partial charge >= 0.3 is 6.18 Å². The van der Waals surface area contributed by atoms with Crippen molar-refractivity contribution in [1.82, 2.24) is 20.2 Å². The summed E-state index contributed by atoms with van der Waals surface area (Å²) in [6.07, 6.45) is -1.49. The maximum atomic E-state index is 13.9. The van der Waals surface area contributed by atoms with Gasteiger partial charge in [-0.3, -0.25) is 4.79 Å². The van der Waals surface area contributed by atoms with E-state index in [1.165, 1.54) is 36.4 Å². The van der Waals surface area contributed by atoms with Crippen molar-refractivity contribution in [1.29, 1.82) is 5.26 Å². The topological polar surface area (TPSA) is 111 Å². The number of aromatic nitrogens is 3. The zero-order valence-corrected chi connectivity index (χ0v) is 16.9. The fourth-order valence-corrected chi connectivity index (χ4v) is 3.19. The molecule has 2 aromatic heterocycles. The summed E-state index contributed by atoms with van der Waals surface area (Å²) < 4.78 is 56.1. The van der Waals surface area contributed by atoms with Crippen molar-refractivity contribution in [2.45, 2.75) is 13.1 Å². The first-order valence-electron chi connectivity index (χ1n) is 9.39. The number of nitrogens with one attached hydrogen (secondary N) is 2. The van der Waals surface area contributed by atoms with Gasteiger partial charge in [0.05, 0.1) is 35.9 Å². The molecule has 1 aliphatic rings. The Kier molecular flexibility index (Phi) is 5.52. The third-order valence-corrected chi connectivity index (χ3v) is 4.72. The molecule has 0 atom stereocenters. The van der Waals surface area contributed by atoms with Crippen molar-refractivity contribution >= 4 is 23.6 Å². The molecule has 0 aliphatic carbocycles. The second kappa shape index (κ2) is 8.32. The van der Waals surface area contributed by atoms with Gasteiger partial charge < -0.3 is 5.32 Å². The Balaban J connectivity index is 1.69. The summed E-state index contributed by atoms with van der Waals surface area (Å²) in [6.45, 7) is 1.74. The summed E-state index contributed by atoms with van der Waals surface area (Å²) in [5.74, 6) is -1.68. The number of alkyl halides is 3. The maximum Gasteiger partial charge on any atom is 0.434 e. The zero-order valence-electron chi connectivity index (χ0n) is 16.9. The van der Waals surface area contributed by atoms with Gasteiger partial charge in [0.25, 0.3) is 5.91 Å². The molecule has 0 saturated carbocycles. The molecule has 2 N–H and O–H groups in total. The third-order valence-electron chi connectivity index (χ3n) is 4.72. The van der Waals surface area contributed by atoms with Crippen molar-refractivity contribution < 1.29 is 22.4 Å². The average Bonchev–Trinajstić information content (AvgIpc) is 3.45. The molecular weight excluding hydrogens is 444 g/mol. The Morgan fingerprint density at radius 3 is 2.76 bits per heavy atom. The van der Waals surface area contributed by atoms with Crippen LogP contribution in [0.2, 0.25) is 0 Å². The van der Waals surface area contributed by atoms with Crippen LogP contribution in [-0.2, 0) is 6.18 Å². The Hall–Kier alpha value is -4.31. The lowest BCUT2D eigenvalue weighted by Gasteiger charge is -2.16. The Morgan fingerprint density at radius 1 is 1.30 bits per heavy atom. The van der Waals surface area contributed by atoms with Gasteiger partial charge in [0.1, 0.15) is 17.4 Å². The van der Waals surface area contributed by atoms with Gasteiger partial charge in [-0.2, -0.15) is 33.8 Å². The van der Waals surface area contributed by atoms with E-state index in [0.717, 1.165) is 12.3 Å². The lowest BCUT2D eigenvalue weighted by Crippen LogP contribution is -2.29. The van der Waals surface area contributed by atoms with Crippen LogP contribution >= 0.6 is 0 Å². The van der Waals surface area contributed by atoms with Gasteiger partial charge in [-0.15, -0.1) is 0 Å². The van der Waals surface area contributed by atoms with Crippen molar-refractivity contribution in [3.05, 3.63) is 64.9 Å². The van der Waals surface area contributed by atoms with Crippen LogP contribution in [-0.4, -0.2) is 33.4 Å². The van der Waals surface area contributed by atoms with E-state index in [-0.39, 0.29) is 28.3 Å². The molecule has 1 amide bonds. The van der Waals surface area contributed by atoms with Gasteiger partial charge in [0.2, 0.25) is 0 Å². The van der Waals surface area contributed by atoms with Crippen molar-refractivity contribution in [3.8, 4) is 11.8 Å². The Bertz CT molecular complexity index is 1310. The van der Waals surface area contributed by atoms with Gasteiger partial charge in [-0.1, -0.05) is 6.07 Å². The van der Waals surface area contributed by atoms with Crippen molar-refractivity contribution in [3.63, 3.8) is 0 Å². The SMILES string of the molecule is Cc1c(F)cccc1-n1ncc(C(=O)Nc2cnc(N3N=CCN3)c(C#N)c2)c1C(F)(F)F. The summed E-state index contributed by atoms with van der Waals surface area (Å²) in [7, 11) is 0. The standard InChI is InChI=1S/C20H14F4N8O/c1-11-15(21)3-2-4-16(11)31-17(20(22,23)24)14(10-29-31)19(33)30-13-7-12(8-25)18(26-9-13)32-27-5-6-28-32/h2-5,7,9-10,28H,6H2,1H3,(H,30,33). The average molecular weight is 458 g/mol. The quantitative estimate of drug-likeness (QED) is 0.581. The molecule has 3 aromatic rings. The van der Waals surface area contributed by atoms with Crippen LogP contribution in [0.15, 0.2) is 41.8 Å².